The van der Waals surface area contributed by atoms with Crippen molar-refractivity contribution in [2.24, 2.45) is 5.92 Å². The van der Waals surface area contributed by atoms with Crippen LogP contribution in [-0.2, 0) is 4.79 Å². The van der Waals surface area contributed by atoms with Gasteiger partial charge in [-0.3, -0.25) is 4.79 Å². The number of nitrogens with two attached hydrogens (primary N) is 1. The fraction of sp³-hybridized carbons (Fsp3) is 0.562. The molecule has 0 saturated heterocycles. The van der Waals surface area contributed by atoms with Crippen LogP contribution >= 0.6 is 0 Å². The first kappa shape index (κ1) is 16.5. The van der Waals surface area contributed by atoms with Crippen LogP contribution in [0.3, 0.4) is 0 Å². The number of anilines is 1. The Kier molecular flexibility index (Phi) is 7.09. The smallest absolute Gasteiger partial charge is 0.279 e. The van der Waals surface area contributed by atoms with Gasteiger partial charge in [0.15, 0.2) is 6.54 Å². The quantitative estimate of drug-likeness (QED) is 0.765. The third-order valence-electron chi connectivity index (χ3n) is 3.26. The van der Waals surface area contributed by atoms with Gasteiger partial charge in [0, 0.05) is 11.8 Å². The van der Waals surface area contributed by atoms with E-state index >= 15 is 0 Å². The van der Waals surface area contributed by atoms with Gasteiger partial charge in [0.05, 0.1) is 13.2 Å². The molecule has 3 N–H and O–H groups in total. The van der Waals surface area contributed by atoms with Crippen molar-refractivity contribution in [2.75, 3.05) is 19.0 Å². The highest BCUT2D eigenvalue weighted by Crippen LogP contribution is 2.16. The Hall–Kier alpha value is -1.55. The zero-order valence-corrected chi connectivity index (χ0v) is 13.0. The van der Waals surface area contributed by atoms with Gasteiger partial charge in [-0.25, -0.2) is 0 Å². The van der Waals surface area contributed by atoms with Crippen molar-refractivity contribution >= 4 is 11.6 Å². The van der Waals surface area contributed by atoms with Crippen LogP contribution < -0.4 is 15.4 Å². The van der Waals surface area contributed by atoms with E-state index in [1.807, 2.05) is 24.3 Å². The predicted octanol–water partition coefficient (Wildman–Crippen LogP) is 2.02. The second-order valence-corrected chi connectivity index (χ2v) is 5.67. The molecule has 1 atom stereocenters. The monoisotopic (exact) mass is 279 g/mol. The van der Waals surface area contributed by atoms with Gasteiger partial charge >= 0.3 is 0 Å². The van der Waals surface area contributed by atoms with Crippen LogP contribution in [-0.4, -0.2) is 25.6 Å². The van der Waals surface area contributed by atoms with Crippen molar-refractivity contribution < 1.29 is 14.8 Å². The average molecular weight is 279 g/mol. The minimum Gasteiger partial charge on any atom is -0.497 e. The van der Waals surface area contributed by atoms with Gasteiger partial charge in [-0.1, -0.05) is 19.9 Å². The lowest BCUT2D eigenvalue weighted by molar-refractivity contribution is -0.676. The van der Waals surface area contributed by atoms with E-state index in [1.165, 1.54) is 6.42 Å². The van der Waals surface area contributed by atoms with Crippen molar-refractivity contribution in [1.29, 1.82) is 0 Å². The Morgan fingerprint density at radius 3 is 2.70 bits per heavy atom. The van der Waals surface area contributed by atoms with Crippen molar-refractivity contribution in [1.82, 2.24) is 0 Å². The molecule has 0 radical (unpaired) electrons. The maximum atomic E-state index is 11.9. The number of methoxy groups -OCH3 is 1. The minimum atomic E-state index is 0.0228. The molecule has 1 aromatic rings. The maximum Gasteiger partial charge on any atom is 0.279 e. The summed E-state index contributed by atoms with van der Waals surface area (Å²) >= 11 is 0. The Morgan fingerprint density at radius 1 is 1.30 bits per heavy atom. The summed E-state index contributed by atoms with van der Waals surface area (Å²) in [6, 6.07) is 7.88. The topological polar surface area (TPSA) is 54.9 Å². The van der Waals surface area contributed by atoms with Gasteiger partial charge in [0.1, 0.15) is 5.75 Å². The number of amides is 1. The number of rotatable bonds is 8. The van der Waals surface area contributed by atoms with E-state index in [-0.39, 0.29) is 5.91 Å². The van der Waals surface area contributed by atoms with Crippen LogP contribution in [0.15, 0.2) is 24.3 Å². The molecule has 0 aromatic heterocycles. The number of benzene rings is 1. The molecule has 0 aliphatic carbocycles. The fourth-order valence-corrected chi connectivity index (χ4v) is 1.94. The molecule has 4 nitrogen and oxygen atoms in total. The van der Waals surface area contributed by atoms with Crippen molar-refractivity contribution in [2.45, 2.75) is 39.7 Å². The molecule has 112 valence electrons. The lowest BCUT2D eigenvalue weighted by Gasteiger charge is -2.12. The van der Waals surface area contributed by atoms with E-state index in [4.69, 9.17) is 4.74 Å². The number of quaternary nitrogens is 1. The molecular weight excluding hydrogens is 252 g/mol. The third-order valence-corrected chi connectivity index (χ3v) is 3.26. The molecule has 20 heavy (non-hydrogen) atoms. The molecule has 1 rings (SSSR count). The zero-order valence-electron chi connectivity index (χ0n) is 13.0. The Morgan fingerprint density at radius 2 is 2.05 bits per heavy atom. The number of hydrogen-bond donors (Lipinski definition) is 2. The largest absolute Gasteiger partial charge is 0.497 e. The highest BCUT2D eigenvalue weighted by Gasteiger charge is 2.10. The van der Waals surface area contributed by atoms with Crippen LogP contribution in [0.2, 0.25) is 0 Å². The molecule has 0 heterocycles. The number of hydrogen-bond acceptors (Lipinski definition) is 2. The third kappa shape index (κ3) is 6.57. The predicted molar refractivity (Wildman–Crippen MR) is 82.0 cm³/mol. The molecule has 0 bridgehead atoms. The minimum absolute atomic E-state index is 0.0228. The second-order valence-electron chi connectivity index (χ2n) is 5.67. The molecular formula is C16H27N2O2+. The molecule has 1 aromatic carbocycles. The summed E-state index contributed by atoms with van der Waals surface area (Å²) in [5.74, 6) is 1.49. The van der Waals surface area contributed by atoms with Gasteiger partial charge in [-0.2, -0.15) is 0 Å². The van der Waals surface area contributed by atoms with E-state index in [9.17, 15) is 4.79 Å². The molecule has 4 heteroatoms. The number of ether oxygens (including phenoxy) is 1. The Labute approximate surface area is 121 Å². The number of carbonyl (C=O) groups is 1. The van der Waals surface area contributed by atoms with E-state index in [0.717, 1.165) is 23.8 Å². The van der Waals surface area contributed by atoms with E-state index in [1.54, 1.807) is 7.11 Å². The highest BCUT2D eigenvalue weighted by atomic mass is 16.5. The van der Waals surface area contributed by atoms with Crippen LogP contribution in [0.5, 0.6) is 5.75 Å². The lowest BCUT2D eigenvalue weighted by Crippen LogP contribution is -2.91. The molecule has 0 unspecified atom stereocenters. The van der Waals surface area contributed by atoms with Crippen molar-refractivity contribution in [3.05, 3.63) is 24.3 Å². The first-order valence-electron chi connectivity index (χ1n) is 7.28. The first-order valence-corrected chi connectivity index (χ1v) is 7.28. The Bertz CT molecular complexity index is 419. The molecule has 0 spiro atoms. The summed E-state index contributed by atoms with van der Waals surface area (Å²) in [7, 11) is 1.62. The summed E-state index contributed by atoms with van der Waals surface area (Å²) in [6.07, 6.45) is 2.35. The van der Waals surface area contributed by atoms with Crippen molar-refractivity contribution in [3.8, 4) is 5.75 Å². The second kappa shape index (κ2) is 8.59. The summed E-state index contributed by atoms with van der Waals surface area (Å²) in [4.78, 5) is 11.9. The van der Waals surface area contributed by atoms with Crippen LogP contribution in [0.1, 0.15) is 33.6 Å². The summed E-state index contributed by atoms with van der Waals surface area (Å²) in [5, 5.41) is 4.98. The van der Waals surface area contributed by atoms with Gasteiger partial charge in [0.2, 0.25) is 0 Å². The fourth-order valence-electron chi connectivity index (χ4n) is 1.94. The molecule has 0 aliphatic heterocycles. The molecule has 0 saturated carbocycles. The lowest BCUT2D eigenvalue weighted by atomic mass is 10.0. The van der Waals surface area contributed by atoms with Gasteiger partial charge in [0.25, 0.3) is 5.91 Å². The average Bonchev–Trinajstić information content (AvgIpc) is 2.43. The SMILES string of the molecule is COc1cccc(NC(=O)C[NH2+][C@@H](C)CCC(C)C)c1. The van der Waals surface area contributed by atoms with E-state index in [0.29, 0.717) is 12.6 Å². The number of carbonyl (C=O) groups excluding carboxylic acids is 1. The first-order chi connectivity index (χ1) is 9.51. The zero-order chi connectivity index (χ0) is 15.0. The van der Waals surface area contributed by atoms with Gasteiger partial charge in [-0.05, 0) is 37.8 Å². The summed E-state index contributed by atoms with van der Waals surface area (Å²) < 4.78 is 5.13. The van der Waals surface area contributed by atoms with Gasteiger partial charge in [-0.15, -0.1) is 0 Å². The molecule has 0 aliphatic rings. The maximum absolute atomic E-state index is 11.9. The Balaban J connectivity index is 2.32. The van der Waals surface area contributed by atoms with Crippen LogP contribution in [0.25, 0.3) is 0 Å². The highest BCUT2D eigenvalue weighted by molar-refractivity contribution is 5.91. The standard InChI is InChI=1S/C16H26N2O2/c1-12(2)8-9-13(3)17-11-16(19)18-14-6-5-7-15(10-14)20-4/h5-7,10,12-13,17H,8-9,11H2,1-4H3,(H,18,19)/p+1/t13-/m0/s1. The number of nitrogens with one attached hydrogen (secondary N) is 1. The van der Waals surface area contributed by atoms with Gasteiger partial charge < -0.3 is 15.4 Å². The normalized spacial score (nSPS) is 12.2. The summed E-state index contributed by atoms with van der Waals surface area (Å²) in [5.41, 5.74) is 0.776. The van der Waals surface area contributed by atoms with E-state index in [2.05, 4.69) is 31.4 Å². The van der Waals surface area contributed by atoms with Crippen LogP contribution in [0, 0.1) is 5.92 Å². The van der Waals surface area contributed by atoms with E-state index < -0.39 is 0 Å². The molecule has 1 amide bonds. The molecule has 0 fully saturated rings. The van der Waals surface area contributed by atoms with Crippen LogP contribution in [0.4, 0.5) is 5.69 Å². The van der Waals surface area contributed by atoms with Crippen molar-refractivity contribution in [3.63, 3.8) is 0 Å². The summed E-state index contributed by atoms with van der Waals surface area (Å²) in [6.45, 7) is 7.07.